The number of hydrogen-bond donors (Lipinski definition) is 6. The molecular formula is C21H21N3O9S6. The molecule has 0 spiro atoms. The molecule has 4 aromatic carbocycles. The van der Waals surface area contributed by atoms with Crippen LogP contribution in [0.1, 0.15) is 0 Å². The number of benzene rings is 4. The minimum Gasteiger partial charge on any atom is -0.362 e. The van der Waals surface area contributed by atoms with Crippen LogP contribution in [0.4, 0.5) is 5.69 Å². The molecule has 18 heteroatoms. The largest absolute Gasteiger partial charge is 0.362 e. The van der Waals surface area contributed by atoms with Gasteiger partial charge in [-0.2, -0.15) is 25.3 Å². The lowest BCUT2D eigenvalue weighted by molar-refractivity contribution is 0.480. The van der Waals surface area contributed by atoms with Crippen molar-refractivity contribution >= 4 is 107 Å². The van der Waals surface area contributed by atoms with E-state index in [-0.39, 0.29) is 37.7 Å². The minimum absolute atomic E-state index is 0.0505. The Labute approximate surface area is 237 Å². The number of nitrogens with two attached hydrogens (primary N) is 1. The maximum atomic E-state index is 12.4. The van der Waals surface area contributed by atoms with Crippen molar-refractivity contribution in [2.24, 2.45) is 5.73 Å². The maximum Gasteiger partial charge on any atom is 0.295 e. The molecule has 4 rings (SSSR count). The van der Waals surface area contributed by atoms with Crippen LogP contribution in [0.3, 0.4) is 0 Å². The monoisotopic (exact) mass is 651 g/mol. The summed E-state index contributed by atoms with van der Waals surface area (Å²) in [5.41, 5.74) is 5.56. The zero-order valence-corrected chi connectivity index (χ0v) is 24.5. The van der Waals surface area contributed by atoms with E-state index in [0.717, 1.165) is 11.8 Å². The molecule has 0 aliphatic rings. The zero-order chi connectivity index (χ0) is 28.8. The molecule has 4 aromatic rings. The molecule has 0 heterocycles. The standard InChI is InChI=1S/C21H21N3O9S6/c22-5-7-35-36-8-6-23-21(34)24-15-9-16(37(25,26)27)12-3-4-14-18(39(31,32)33)10-17(38(28,29)30)13-2-1-11(15)19(12)20(13)14/h1-4,9-10H,5-8,22H2,(H2,23,24,34)(H,25,26,27)(H,28,29,30)(H,31,32,33). The molecule has 0 amide bonds. The number of hydrogen-bond acceptors (Lipinski definition) is 10. The highest BCUT2D eigenvalue weighted by molar-refractivity contribution is 8.76. The van der Waals surface area contributed by atoms with Crippen LogP contribution in [0.15, 0.2) is 51.1 Å². The lowest BCUT2D eigenvalue weighted by Gasteiger charge is -2.19. The van der Waals surface area contributed by atoms with Gasteiger partial charge in [-0.3, -0.25) is 13.7 Å². The first-order valence-corrected chi connectivity index (χ1v) is 18.1. The SMILES string of the molecule is NCCSSCCNC(=S)Nc1cc(S(=O)(=O)O)c2ccc3c(S(=O)(=O)O)cc(S(=O)(=O)O)c4ccc1c2c43. The van der Waals surface area contributed by atoms with E-state index < -0.39 is 45.0 Å². The molecule has 0 radical (unpaired) electrons. The van der Waals surface area contributed by atoms with E-state index in [1.165, 1.54) is 24.3 Å². The molecule has 210 valence electrons. The van der Waals surface area contributed by atoms with Crippen LogP contribution in [-0.4, -0.2) is 68.6 Å². The van der Waals surface area contributed by atoms with Gasteiger partial charge in [0.25, 0.3) is 30.4 Å². The van der Waals surface area contributed by atoms with Gasteiger partial charge in [0, 0.05) is 62.6 Å². The Hall–Kier alpha value is -2.00. The van der Waals surface area contributed by atoms with E-state index >= 15 is 0 Å². The van der Waals surface area contributed by atoms with Crippen molar-refractivity contribution in [3.8, 4) is 0 Å². The van der Waals surface area contributed by atoms with Crippen molar-refractivity contribution in [2.75, 3.05) is 29.9 Å². The van der Waals surface area contributed by atoms with Crippen LogP contribution in [0, 0.1) is 0 Å². The molecule has 0 aliphatic carbocycles. The summed E-state index contributed by atoms with van der Waals surface area (Å²) in [4.78, 5) is -2.19. The predicted molar refractivity (Wildman–Crippen MR) is 158 cm³/mol. The average molecular weight is 652 g/mol. The second-order valence-electron chi connectivity index (χ2n) is 8.11. The number of thiocarbonyl (C=S) groups is 1. The summed E-state index contributed by atoms with van der Waals surface area (Å²) in [6, 6.07) is 6.91. The molecule has 0 saturated heterocycles. The van der Waals surface area contributed by atoms with E-state index in [9.17, 15) is 38.9 Å². The van der Waals surface area contributed by atoms with Crippen LogP contribution >= 0.6 is 33.8 Å². The summed E-state index contributed by atoms with van der Waals surface area (Å²) in [6.07, 6.45) is 0. The van der Waals surface area contributed by atoms with Gasteiger partial charge in [-0.15, -0.1) is 0 Å². The van der Waals surface area contributed by atoms with Crippen molar-refractivity contribution in [1.29, 1.82) is 0 Å². The van der Waals surface area contributed by atoms with Crippen molar-refractivity contribution in [3.05, 3.63) is 36.4 Å². The quantitative estimate of drug-likeness (QED) is 0.0478. The second-order valence-corrected chi connectivity index (χ2v) is 15.4. The molecule has 12 nitrogen and oxygen atoms in total. The molecule has 7 N–H and O–H groups in total. The van der Waals surface area contributed by atoms with Crippen LogP contribution in [0.5, 0.6) is 0 Å². The molecule has 0 atom stereocenters. The fraction of sp³-hybridized carbons (Fsp3) is 0.190. The molecule has 0 bridgehead atoms. The van der Waals surface area contributed by atoms with E-state index in [2.05, 4.69) is 10.6 Å². The Morgan fingerprint density at radius 2 is 1.18 bits per heavy atom. The summed E-state index contributed by atoms with van der Waals surface area (Å²) in [5.74, 6) is 1.46. The number of rotatable bonds is 10. The van der Waals surface area contributed by atoms with Gasteiger partial charge in [0.05, 0.1) is 0 Å². The normalized spacial score (nSPS) is 12.9. The zero-order valence-electron chi connectivity index (χ0n) is 19.6. The Morgan fingerprint density at radius 3 is 1.67 bits per heavy atom. The van der Waals surface area contributed by atoms with Crippen LogP contribution < -0.4 is 16.4 Å². The summed E-state index contributed by atoms with van der Waals surface area (Å²) >= 11 is 5.34. The Morgan fingerprint density at radius 1 is 0.744 bits per heavy atom. The van der Waals surface area contributed by atoms with Gasteiger partial charge in [0.2, 0.25) is 0 Å². The molecule has 0 unspecified atom stereocenters. The summed E-state index contributed by atoms with van der Waals surface area (Å²) in [5, 5.41) is 5.90. The average Bonchev–Trinajstić information content (AvgIpc) is 2.82. The molecular weight excluding hydrogens is 631 g/mol. The second kappa shape index (κ2) is 11.1. The third-order valence-electron chi connectivity index (χ3n) is 5.62. The lowest BCUT2D eigenvalue weighted by atomic mass is 9.93. The molecule has 0 fully saturated rings. The highest BCUT2D eigenvalue weighted by atomic mass is 33.1. The van der Waals surface area contributed by atoms with Crippen molar-refractivity contribution in [2.45, 2.75) is 14.7 Å². The van der Waals surface area contributed by atoms with Gasteiger partial charge < -0.3 is 16.4 Å². The molecule has 39 heavy (non-hydrogen) atoms. The summed E-state index contributed by atoms with van der Waals surface area (Å²) in [6.45, 7) is 1.01. The topological polar surface area (TPSA) is 213 Å². The molecule has 0 aromatic heterocycles. The minimum atomic E-state index is -5.00. The van der Waals surface area contributed by atoms with E-state index in [1.54, 1.807) is 21.6 Å². The van der Waals surface area contributed by atoms with Crippen molar-refractivity contribution in [1.82, 2.24) is 5.32 Å². The van der Waals surface area contributed by atoms with Gasteiger partial charge in [0.15, 0.2) is 5.11 Å². The van der Waals surface area contributed by atoms with Crippen molar-refractivity contribution in [3.63, 3.8) is 0 Å². The van der Waals surface area contributed by atoms with Crippen molar-refractivity contribution < 1.29 is 38.9 Å². The van der Waals surface area contributed by atoms with Gasteiger partial charge in [0.1, 0.15) is 14.7 Å². The fourth-order valence-electron chi connectivity index (χ4n) is 4.18. The third-order valence-corrected chi connectivity index (χ3v) is 11.0. The van der Waals surface area contributed by atoms with Crippen LogP contribution in [0.2, 0.25) is 0 Å². The first-order valence-electron chi connectivity index (χ1n) is 10.8. The van der Waals surface area contributed by atoms with E-state index in [1.807, 2.05) is 0 Å². The number of anilines is 1. The third kappa shape index (κ3) is 6.19. The Balaban J connectivity index is 1.97. The highest BCUT2D eigenvalue weighted by Crippen LogP contribution is 2.44. The molecule has 0 saturated carbocycles. The van der Waals surface area contributed by atoms with E-state index in [0.29, 0.717) is 30.3 Å². The van der Waals surface area contributed by atoms with E-state index in [4.69, 9.17) is 18.0 Å². The Bertz CT molecular complexity index is 1880. The van der Waals surface area contributed by atoms with Gasteiger partial charge >= 0.3 is 0 Å². The first kappa shape index (κ1) is 30.0. The lowest BCUT2D eigenvalue weighted by Crippen LogP contribution is -2.30. The summed E-state index contributed by atoms with van der Waals surface area (Å²) < 4.78 is 103. The first-order chi connectivity index (χ1) is 18.1. The maximum absolute atomic E-state index is 12.4. The number of nitrogens with one attached hydrogen (secondary N) is 2. The highest BCUT2D eigenvalue weighted by Gasteiger charge is 2.28. The predicted octanol–water partition coefficient (Wildman–Crippen LogP) is 2.95. The molecule has 0 aliphatic heterocycles. The van der Waals surface area contributed by atoms with Crippen LogP contribution in [0.25, 0.3) is 32.3 Å². The Kier molecular flexibility index (Phi) is 8.54. The van der Waals surface area contributed by atoms with Crippen LogP contribution in [-0.2, 0) is 30.4 Å². The van der Waals surface area contributed by atoms with Gasteiger partial charge in [-0.25, -0.2) is 0 Å². The fourth-order valence-corrected chi connectivity index (χ4v) is 8.37. The summed E-state index contributed by atoms with van der Waals surface area (Å²) in [7, 11) is -11.7. The van der Waals surface area contributed by atoms with Gasteiger partial charge in [-0.1, -0.05) is 45.9 Å². The smallest absolute Gasteiger partial charge is 0.295 e. The van der Waals surface area contributed by atoms with Gasteiger partial charge in [-0.05, 0) is 24.4 Å².